The van der Waals surface area contributed by atoms with E-state index in [9.17, 15) is 0 Å². The molecule has 0 atom stereocenters. The second-order valence-electron chi connectivity index (χ2n) is 12.0. The zero-order valence-electron chi connectivity index (χ0n) is 24.4. The fourth-order valence-electron chi connectivity index (χ4n) is 7.70. The Morgan fingerprint density at radius 1 is 0.311 bits per heavy atom. The number of benzene rings is 9. The Hall–Kier alpha value is -5.92. The lowest BCUT2D eigenvalue weighted by atomic mass is 9.84. The van der Waals surface area contributed by atoms with Crippen LogP contribution in [-0.4, -0.2) is 0 Å². The maximum absolute atomic E-state index is 6.38. The molecule has 1 heteroatoms. The molecule has 0 aliphatic carbocycles. The Balaban J connectivity index is 1.34. The van der Waals surface area contributed by atoms with Crippen LogP contribution in [0.25, 0.3) is 98.1 Å². The van der Waals surface area contributed by atoms with E-state index >= 15 is 0 Å². The van der Waals surface area contributed by atoms with Gasteiger partial charge in [0.05, 0.1) is 0 Å². The minimum Gasteiger partial charge on any atom is -0.456 e. The number of fused-ring (bicyclic) bond motifs is 10. The quantitative estimate of drug-likeness (QED) is 0.149. The second kappa shape index (κ2) is 9.29. The maximum Gasteiger partial charge on any atom is 0.136 e. The van der Waals surface area contributed by atoms with Crippen molar-refractivity contribution in [3.63, 3.8) is 0 Å². The van der Waals surface area contributed by atoms with Crippen molar-refractivity contribution in [1.29, 1.82) is 0 Å². The van der Waals surface area contributed by atoms with Crippen molar-refractivity contribution < 1.29 is 4.42 Å². The average Bonchev–Trinajstić information content (AvgIpc) is 3.49. The zero-order valence-corrected chi connectivity index (χ0v) is 24.4. The van der Waals surface area contributed by atoms with E-state index in [2.05, 4.69) is 158 Å². The van der Waals surface area contributed by atoms with Gasteiger partial charge in [0, 0.05) is 10.8 Å². The summed E-state index contributed by atoms with van der Waals surface area (Å²) < 4.78 is 6.38. The Labute approximate surface area is 259 Å². The minimum atomic E-state index is 0.915. The summed E-state index contributed by atoms with van der Waals surface area (Å²) in [5.41, 5.74) is 6.85. The van der Waals surface area contributed by atoms with E-state index in [1.54, 1.807) is 0 Å². The third-order valence-electron chi connectivity index (χ3n) is 9.62. The molecule has 10 rings (SSSR count). The molecule has 0 saturated carbocycles. The van der Waals surface area contributed by atoms with Crippen molar-refractivity contribution in [1.82, 2.24) is 0 Å². The zero-order chi connectivity index (χ0) is 29.5. The van der Waals surface area contributed by atoms with Crippen LogP contribution in [0.5, 0.6) is 0 Å². The third-order valence-corrected chi connectivity index (χ3v) is 9.62. The van der Waals surface area contributed by atoms with E-state index in [4.69, 9.17) is 4.42 Å². The van der Waals surface area contributed by atoms with Crippen LogP contribution < -0.4 is 0 Å². The molecular weight excluding hydrogens is 544 g/mol. The highest BCUT2D eigenvalue weighted by atomic mass is 16.3. The second-order valence-corrected chi connectivity index (χ2v) is 12.0. The normalized spacial score (nSPS) is 12.0. The fraction of sp³-hybridized carbons (Fsp3) is 0. The number of rotatable bonds is 2. The monoisotopic (exact) mass is 570 g/mol. The first-order chi connectivity index (χ1) is 22.3. The van der Waals surface area contributed by atoms with Gasteiger partial charge in [0.15, 0.2) is 0 Å². The van der Waals surface area contributed by atoms with Crippen molar-refractivity contribution in [2.24, 2.45) is 0 Å². The van der Waals surface area contributed by atoms with Gasteiger partial charge in [-0.2, -0.15) is 0 Å². The number of hydrogen-bond acceptors (Lipinski definition) is 1. The predicted molar refractivity (Wildman–Crippen MR) is 192 cm³/mol. The molecule has 1 nitrogen and oxygen atoms in total. The van der Waals surface area contributed by atoms with Crippen LogP contribution in [0, 0.1) is 0 Å². The Morgan fingerprint density at radius 3 is 1.51 bits per heavy atom. The van der Waals surface area contributed by atoms with Crippen molar-refractivity contribution in [2.75, 3.05) is 0 Å². The van der Waals surface area contributed by atoms with Crippen molar-refractivity contribution in [2.45, 2.75) is 0 Å². The van der Waals surface area contributed by atoms with Crippen LogP contribution in [0.15, 0.2) is 162 Å². The van der Waals surface area contributed by atoms with Crippen LogP contribution in [-0.2, 0) is 0 Å². The van der Waals surface area contributed by atoms with Gasteiger partial charge in [-0.05, 0) is 94.3 Å². The van der Waals surface area contributed by atoms with Gasteiger partial charge in [0.2, 0.25) is 0 Å². The highest BCUT2D eigenvalue weighted by Gasteiger charge is 2.20. The Kier molecular flexibility index (Phi) is 5.06. The fourth-order valence-corrected chi connectivity index (χ4v) is 7.70. The van der Waals surface area contributed by atoms with Crippen molar-refractivity contribution >= 4 is 75.8 Å². The lowest BCUT2D eigenvalue weighted by molar-refractivity contribution is 0.669. The molecule has 0 aliphatic heterocycles. The third kappa shape index (κ3) is 3.50. The smallest absolute Gasteiger partial charge is 0.136 e. The number of hydrogen-bond donors (Lipinski definition) is 0. The molecule has 0 N–H and O–H groups in total. The van der Waals surface area contributed by atoms with E-state index in [1.165, 1.54) is 81.5 Å². The van der Waals surface area contributed by atoms with Crippen LogP contribution in [0.3, 0.4) is 0 Å². The van der Waals surface area contributed by atoms with Crippen molar-refractivity contribution in [3.8, 4) is 22.3 Å². The van der Waals surface area contributed by atoms with Gasteiger partial charge in [0.1, 0.15) is 11.2 Å². The van der Waals surface area contributed by atoms with Crippen LogP contribution >= 0.6 is 0 Å². The van der Waals surface area contributed by atoms with Gasteiger partial charge in [0.25, 0.3) is 0 Å². The molecule has 45 heavy (non-hydrogen) atoms. The Bertz CT molecular complexity index is 2760. The van der Waals surface area contributed by atoms with E-state index < -0.39 is 0 Å². The molecule has 0 radical (unpaired) electrons. The topological polar surface area (TPSA) is 13.1 Å². The largest absolute Gasteiger partial charge is 0.456 e. The van der Waals surface area contributed by atoms with Gasteiger partial charge in [-0.25, -0.2) is 0 Å². The van der Waals surface area contributed by atoms with Crippen LogP contribution in [0.4, 0.5) is 0 Å². The summed E-state index contributed by atoms with van der Waals surface area (Å²) in [5, 5.41) is 14.9. The van der Waals surface area contributed by atoms with Gasteiger partial charge >= 0.3 is 0 Å². The SMILES string of the molecule is c1ccc2c(c1)ccc1cccc(-c3c4ccccc4c(-c4ccc5oc6ccc7ccccc7c6c5c4)c4ccccc34)c12. The molecule has 208 valence electrons. The summed E-state index contributed by atoms with van der Waals surface area (Å²) in [6.07, 6.45) is 0. The molecule has 1 aromatic heterocycles. The minimum absolute atomic E-state index is 0.915. The van der Waals surface area contributed by atoms with Gasteiger partial charge < -0.3 is 4.42 Å². The molecule has 1 heterocycles. The summed E-state index contributed by atoms with van der Waals surface area (Å²) in [6, 6.07) is 57.4. The summed E-state index contributed by atoms with van der Waals surface area (Å²) in [5.74, 6) is 0. The summed E-state index contributed by atoms with van der Waals surface area (Å²) in [7, 11) is 0. The molecular formula is C44H26O. The maximum atomic E-state index is 6.38. The first-order valence-electron chi connectivity index (χ1n) is 15.5. The van der Waals surface area contributed by atoms with E-state index in [0.717, 1.165) is 16.6 Å². The molecule has 0 saturated heterocycles. The van der Waals surface area contributed by atoms with E-state index in [1.807, 2.05) is 0 Å². The van der Waals surface area contributed by atoms with Gasteiger partial charge in [-0.3, -0.25) is 0 Å². The lowest BCUT2D eigenvalue weighted by Crippen LogP contribution is -1.92. The highest BCUT2D eigenvalue weighted by molar-refractivity contribution is 6.27. The standard InChI is InChI=1S/C44H26O/c1-3-13-31-27(10-1)20-21-29-12-9-19-37(41(29)31)43-35-17-7-5-15-33(35)42(34-16-6-8-18-36(34)43)30-23-24-39-38(26-30)44-32-14-4-2-11-28(32)22-25-40(44)45-39/h1-26H. The van der Waals surface area contributed by atoms with E-state index in [0.29, 0.717) is 0 Å². The molecule has 0 fully saturated rings. The van der Waals surface area contributed by atoms with Gasteiger partial charge in [-0.15, -0.1) is 0 Å². The molecule has 0 spiro atoms. The molecule has 0 aliphatic rings. The van der Waals surface area contributed by atoms with Crippen LogP contribution in [0.2, 0.25) is 0 Å². The molecule has 0 amide bonds. The van der Waals surface area contributed by atoms with Gasteiger partial charge in [-0.1, -0.05) is 140 Å². The highest BCUT2D eigenvalue weighted by Crippen LogP contribution is 2.47. The summed E-state index contributed by atoms with van der Waals surface area (Å²) >= 11 is 0. The molecule has 10 aromatic rings. The Morgan fingerprint density at radius 2 is 0.822 bits per heavy atom. The lowest BCUT2D eigenvalue weighted by Gasteiger charge is -2.19. The van der Waals surface area contributed by atoms with Crippen molar-refractivity contribution in [3.05, 3.63) is 158 Å². The first-order valence-corrected chi connectivity index (χ1v) is 15.5. The molecule has 9 aromatic carbocycles. The van der Waals surface area contributed by atoms with Crippen LogP contribution in [0.1, 0.15) is 0 Å². The predicted octanol–water partition coefficient (Wildman–Crippen LogP) is 12.7. The summed E-state index contributed by atoms with van der Waals surface area (Å²) in [4.78, 5) is 0. The molecule has 0 bridgehead atoms. The number of furan rings is 1. The molecule has 0 unspecified atom stereocenters. The summed E-state index contributed by atoms with van der Waals surface area (Å²) in [6.45, 7) is 0. The average molecular weight is 571 g/mol. The van der Waals surface area contributed by atoms with E-state index in [-0.39, 0.29) is 0 Å². The first kappa shape index (κ1) is 24.5.